The van der Waals surface area contributed by atoms with Crippen LogP contribution in [0.15, 0.2) is 0 Å². The predicted molar refractivity (Wildman–Crippen MR) is 391 cm³/mol. The summed E-state index contributed by atoms with van der Waals surface area (Å²) in [4.78, 5) is 72.8. The summed E-state index contributed by atoms with van der Waals surface area (Å²) in [6.45, 7) is 11.8. The summed E-state index contributed by atoms with van der Waals surface area (Å²) in [5, 5.41) is 10.6. The number of hydrogen-bond donors (Lipinski definition) is 3. The van der Waals surface area contributed by atoms with Gasteiger partial charge in [0.25, 0.3) is 0 Å². The van der Waals surface area contributed by atoms with Crippen molar-refractivity contribution in [2.45, 2.75) is 414 Å². The molecule has 570 valence electrons. The quantitative estimate of drug-likeness (QED) is 0.0222. The van der Waals surface area contributed by atoms with E-state index in [1.807, 2.05) is 0 Å². The van der Waals surface area contributed by atoms with Gasteiger partial charge in [0.2, 0.25) is 0 Å². The number of aliphatic hydroxyl groups excluding tert-OH is 1. The number of ether oxygens (including phenoxy) is 4. The number of phosphoric ester groups is 2. The molecule has 0 aromatic carbocycles. The fourth-order valence-electron chi connectivity index (χ4n) is 11.7. The van der Waals surface area contributed by atoms with E-state index in [1.165, 1.54) is 205 Å². The van der Waals surface area contributed by atoms with E-state index >= 15 is 0 Å². The fraction of sp³-hybridized carbons (Fsp3) is 0.948. The Kier molecular flexibility index (Phi) is 66.2. The van der Waals surface area contributed by atoms with Crippen molar-refractivity contribution >= 4 is 39.5 Å². The van der Waals surface area contributed by atoms with Crippen molar-refractivity contribution in [1.82, 2.24) is 0 Å². The summed E-state index contributed by atoms with van der Waals surface area (Å²) in [5.74, 6) is 0.119. The molecule has 0 bridgehead atoms. The summed E-state index contributed by atoms with van der Waals surface area (Å²) in [6, 6.07) is 0. The minimum atomic E-state index is -4.96. The Morgan fingerprint density at radius 3 is 0.792 bits per heavy atom. The van der Waals surface area contributed by atoms with Crippen LogP contribution in [0.3, 0.4) is 0 Å². The van der Waals surface area contributed by atoms with Crippen LogP contribution in [0.5, 0.6) is 0 Å². The summed E-state index contributed by atoms with van der Waals surface area (Å²) in [5.41, 5.74) is 0. The van der Waals surface area contributed by atoms with Crippen molar-refractivity contribution in [2.24, 2.45) is 17.8 Å². The number of aliphatic hydroxyl groups is 1. The highest BCUT2D eigenvalue weighted by Gasteiger charge is 2.30. The molecular formula is C77H150O17P2. The van der Waals surface area contributed by atoms with E-state index in [0.29, 0.717) is 25.7 Å². The molecule has 0 saturated carbocycles. The Balaban J connectivity index is 5.21. The SMILES string of the molecule is CCCCCCCCCCCCCCCCCCCCCCCC(=O)O[C@H](COC(=O)CCCCCCCCCCCC(C)C)COP(=O)(O)OC[C@@H](O)COP(=O)(O)OC[C@@H](COC(=O)CCCCCCCCCCC(C)C)OC(=O)CCCCCCCCCCC(C)CC. The standard InChI is InChI=1S/C77H150O17P2/c1-8-10-11-12-13-14-15-16-17-18-19-20-21-22-23-24-25-28-39-46-53-60-76(81)93-72(64-87-74(79)58-51-44-37-29-26-27-34-41-48-55-68(3)4)66-91-95(83,84)89-62-71(78)63-90-96(85,86)92-67-73(65-88-75(80)59-52-45-38-32-30-35-42-49-56-69(5)6)94-77(82)61-54-47-40-33-31-36-43-50-57-70(7)9-2/h68-73,78H,8-67H2,1-7H3,(H,83,84)(H,85,86)/t70?,71-,72-,73-/m1/s1. The first kappa shape index (κ1) is 94.1. The molecule has 0 amide bonds. The third-order valence-electron chi connectivity index (χ3n) is 18.2. The van der Waals surface area contributed by atoms with E-state index in [4.69, 9.17) is 37.0 Å². The molecule has 96 heavy (non-hydrogen) atoms. The summed E-state index contributed by atoms with van der Waals surface area (Å²) >= 11 is 0. The van der Waals surface area contributed by atoms with Crippen LogP contribution < -0.4 is 0 Å². The van der Waals surface area contributed by atoms with E-state index in [2.05, 4.69) is 48.5 Å². The molecule has 0 aromatic rings. The van der Waals surface area contributed by atoms with E-state index in [1.54, 1.807) is 0 Å². The van der Waals surface area contributed by atoms with Gasteiger partial charge in [-0.3, -0.25) is 37.3 Å². The predicted octanol–water partition coefficient (Wildman–Crippen LogP) is 22.6. The number of unbranched alkanes of at least 4 members (excludes halogenated alkanes) is 42. The van der Waals surface area contributed by atoms with Gasteiger partial charge >= 0.3 is 39.5 Å². The summed E-state index contributed by atoms with van der Waals surface area (Å²) < 4.78 is 68.5. The highest BCUT2D eigenvalue weighted by atomic mass is 31.2. The molecule has 0 radical (unpaired) electrons. The number of carbonyl (C=O) groups is 4. The Labute approximate surface area is 588 Å². The maximum atomic E-state index is 13.1. The van der Waals surface area contributed by atoms with Gasteiger partial charge in [-0.05, 0) is 43.4 Å². The van der Waals surface area contributed by atoms with Crippen LogP contribution in [0.1, 0.15) is 395 Å². The Morgan fingerprint density at radius 1 is 0.302 bits per heavy atom. The van der Waals surface area contributed by atoms with Crippen molar-refractivity contribution in [1.29, 1.82) is 0 Å². The van der Waals surface area contributed by atoms with Gasteiger partial charge in [0.1, 0.15) is 19.3 Å². The first-order valence-electron chi connectivity index (χ1n) is 39.9. The Morgan fingerprint density at radius 2 is 0.531 bits per heavy atom. The largest absolute Gasteiger partial charge is 0.472 e. The van der Waals surface area contributed by atoms with Gasteiger partial charge in [0.05, 0.1) is 26.4 Å². The van der Waals surface area contributed by atoms with E-state index < -0.39 is 97.5 Å². The molecule has 0 aliphatic heterocycles. The van der Waals surface area contributed by atoms with Gasteiger partial charge < -0.3 is 33.8 Å². The molecule has 0 aliphatic rings. The van der Waals surface area contributed by atoms with Crippen LogP contribution in [0.4, 0.5) is 0 Å². The lowest BCUT2D eigenvalue weighted by atomic mass is 9.99. The van der Waals surface area contributed by atoms with Crippen LogP contribution in [0, 0.1) is 17.8 Å². The molecule has 19 heteroatoms. The van der Waals surface area contributed by atoms with Gasteiger partial charge in [0.15, 0.2) is 12.2 Å². The maximum absolute atomic E-state index is 13.1. The van der Waals surface area contributed by atoms with Crippen LogP contribution in [-0.4, -0.2) is 96.7 Å². The number of phosphoric acid groups is 2. The van der Waals surface area contributed by atoms with Gasteiger partial charge in [-0.25, -0.2) is 9.13 Å². The van der Waals surface area contributed by atoms with E-state index in [9.17, 15) is 43.2 Å². The fourth-order valence-corrected chi connectivity index (χ4v) is 13.3. The first-order chi connectivity index (χ1) is 46.3. The lowest BCUT2D eigenvalue weighted by Crippen LogP contribution is -2.30. The molecule has 0 saturated heterocycles. The van der Waals surface area contributed by atoms with Crippen LogP contribution in [0.2, 0.25) is 0 Å². The normalized spacial score (nSPS) is 14.3. The van der Waals surface area contributed by atoms with Crippen molar-refractivity contribution in [3.8, 4) is 0 Å². The lowest BCUT2D eigenvalue weighted by Gasteiger charge is -2.21. The van der Waals surface area contributed by atoms with Crippen molar-refractivity contribution in [2.75, 3.05) is 39.6 Å². The third kappa shape index (κ3) is 69.2. The molecule has 0 heterocycles. The highest BCUT2D eigenvalue weighted by molar-refractivity contribution is 7.47. The van der Waals surface area contributed by atoms with Crippen molar-refractivity contribution in [3.05, 3.63) is 0 Å². The van der Waals surface area contributed by atoms with Crippen molar-refractivity contribution in [3.63, 3.8) is 0 Å². The molecule has 0 aromatic heterocycles. The monoisotopic (exact) mass is 1410 g/mol. The average molecular weight is 1410 g/mol. The zero-order valence-corrected chi connectivity index (χ0v) is 64.6. The Bertz CT molecular complexity index is 1870. The number of hydrogen-bond acceptors (Lipinski definition) is 15. The second-order valence-electron chi connectivity index (χ2n) is 28.9. The molecule has 6 atom stereocenters. The zero-order chi connectivity index (χ0) is 70.9. The van der Waals surface area contributed by atoms with Crippen LogP contribution >= 0.6 is 15.6 Å². The number of esters is 4. The molecule has 0 rings (SSSR count). The molecule has 0 aliphatic carbocycles. The first-order valence-corrected chi connectivity index (χ1v) is 42.9. The topological polar surface area (TPSA) is 237 Å². The van der Waals surface area contributed by atoms with E-state index in [0.717, 1.165) is 108 Å². The average Bonchev–Trinajstić information content (AvgIpc) is 1.33. The van der Waals surface area contributed by atoms with Gasteiger partial charge in [-0.1, -0.05) is 344 Å². The van der Waals surface area contributed by atoms with Crippen LogP contribution in [0.25, 0.3) is 0 Å². The lowest BCUT2D eigenvalue weighted by molar-refractivity contribution is -0.161. The smallest absolute Gasteiger partial charge is 0.462 e. The van der Waals surface area contributed by atoms with Gasteiger partial charge in [-0.2, -0.15) is 0 Å². The van der Waals surface area contributed by atoms with Crippen LogP contribution in [-0.2, 0) is 65.4 Å². The second-order valence-corrected chi connectivity index (χ2v) is 31.8. The Hall–Kier alpha value is -1.94. The summed E-state index contributed by atoms with van der Waals surface area (Å²) in [6.07, 6.45) is 54.3. The van der Waals surface area contributed by atoms with E-state index in [-0.39, 0.29) is 25.7 Å². The van der Waals surface area contributed by atoms with Gasteiger partial charge in [-0.15, -0.1) is 0 Å². The number of rotatable bonds is 75. The van der Waals surface area contributed by atoms with Crippen molar-refractivity contribution < 1.29 is 80.2 Å². The molecule has 3 unspecified atom stereocenters. The molecule has 0 spiro atoms. The number of carbonyl (C=O) groups excluding carboxylic acids is 4. The minimum Gasteiger partial charge on any atom is -0.462 e. The van der Waals surface area contributed by atoms with Gasteiger partial charge in [0, 0.05) is 25.7 Å². The highest BCUT2D eigenvalue weighted by Crippen LogP contribution is 2.45. The maximum Gasteiger partial charge on any atom is 0.472 e. The molecular weight excluding hydrogens is 1260 g/mol. The third-order valence-corrected chi connectivity index (χ3v) is 20.1. The molecule has 3 N–H and O–H groups in total. The summed E-state index contributed by atoms with van der Waals surface area (Å²) in [7, 11) is -9.91. The second kappa shape index (κ2) is 67.5. The molecule has 0 fully saturated rings. The zero-order valence-electron chi connectivity index (χ0n) is 62.8. The molecule has 17 nitrogen and oxygen atoms in total. The minimum absolute atomic E-state index is 0.104.